The molecule has 0 fully saturated rings. The van der Waals surface area contributed by atoms with Crippen LogP contribution >= 0.6 is 0 Å². The number of carbonyl (C=O) groups is 1. The Morgan fingerprint density at radius 2 is 1.66 bits per heavy atom. The highest BCUT2D eigenvalue weighted by molar-refractivity contribution is 7.90. The van der Waals surface area contributed by atoms with E-state index in [1.165, 1.54) is 0 Å². The van der Waals surface area contributed by atoms with Gasteiger partial charge in [0.25, 0.3) is 5.91 Å². The molecule has 0 aliphatic carbocycles. The molecular formula is C26H22N2O6S. The maximum absolute atomic E-state index is 12.7. The van der Waals surface area contributed by atoms with E-state index in [9.17, 15) is 13.2 Å². The van der Waals surface area contributed by atoms with Crippen LogP contribution in [0.4, 0.5) is 5.69 Å². The van der Waals surface area contributed by atoms with E-state index in [0.29, 0.717) is 58.9 Å². The van der Waals surface area contributed by atoms with Crippen LogP contribution in [0.5, 0.6) is 11.5 Å². The van der Waals surface area contributed by atoms with Gasteiger partial charge < -0.3 is 19.2 Å². The maximum Gasteiger partial charge on any atom is 0.255 e. The van der Waals surface area contributed by atoms with E-state index >= 15 is 0 Å². The van der Waals surface area contributed by atoms with Crippen molar-refractivity contribution in [3.05, 3.63) is 89.8 Å². The lowest BCUT2D eigenvalue weighted by atomic mass is 10.1. The topological polar surface area (TPSA) is 108 Å². The average Bonchev–Trinajstić information content (AvgIpc) is 3.24. The Morgan fingerprint density at radius 3 is 2.40 bits per heavy atom. The molecule has 4 aromatic rings. The van der Waals surface area contributed by atoms with Gasteiger partial charge in [-0.05, 0) is 55.5 Å². The Labute approximate surface area is 202 Å². The average molecular weight is 491 g/mol. The molecule has 0 radical (unpaired) electrons. The first-order valence-electron chi connectivity index (χ1n) is 10.9. The molecule has 3 aromatic carbocycles. The number of aryl methyl sites for hydroxylation is 1. The molecule has 5 rings (SSSR count). The SMILES string of the molecule is Cc1oc(-c2ccc(C(=O)Nc3ccc4c(c3)OCCO4)cc2)nc1CS(=O)(=O)c1ccccc1. The number of amides is 1. The number of benzene rings is 3. The van der Waals surface area contributed by atoms with Gasteiger partial charge in [-0.3, -0.25) is 4.79 Å². The minimum atomic E-state index is -3.55. The molecular weight excluding hydrogens is 468 g/mol. The van der Waals surface area contributed by atoms with E-state index in [1.54, 1.807) is 79.7 Å². The first-order chi connectivity index (χ1) is 16.9. The van der Waals surface area contributed by atoms with E-state index in [-0.39, 0.29) is 16.6 Å². The van der Waals surface area contributed by atoms with Gasteiger partial charge in [-0.1, -0.05) is 18.2 Å². The molecule has 1 amide bonds. The minimum absolute atomic E-state index is 0.234. The lowest BCUT2D eigenvalue weighted by molar-refractivity contribution is 0.102. The normalized spacial score (nSPS) is 12.8. The van der Waals surface area contributed by atoms with Crippen molar-refractivity contribution in [2.24, 2.45) is 0 Å². The van der Waals surface area contributed by atoms with Crippen LogP contribution in [0.15, 0.2) is 82.1 Å². The van der Waals surface area contributed by atoms with Crippen molar-refractivity contribution in [3.8, 4) is 23.0 Å². The highest BCUT2D eigenvalue weighted by Gasteiger charge is 2.21. The summed E-state index contributed by atoms with van der Waals surface area (Å²) in [5.74, 6) is 1.41. The summed E-state index contributed by atoms with van der Waals surface area (Å²) in [7, 11) is -3.55. The smallest absolute Gasteiger partial charge is 0.255 e. The number of nitrogens with zero attached hydrogens (tertiary/aromatic N) is 1. The highest BCUT2D eigenvalue weighted by atomic mass is 32.2. The van der Waals surface area contributed by atoms with Gasteiger partial charge in [0.1, 0.15) is 24.7 Å². The number of anilines is 1. The summed E-state index contributed by atoms with van der Waals surface area (Å²) in [4.78, 5) is 17.3. The Bertz CT molecular complexity index is 1480. The van der Waals surface area contributed by atoms with Crippen LogP contribution in [0.2, 0.25) is 0 Å². The van der Waals surface area contributed by atoms with Crippen molar-refractivity contribution >= 4 is 21.4 Å². The summed E-state index contributed by atoms with van der Waals surface area (Å²) >= 11 is 0. The summed E-state index contributed by atoms with van der Waals surface area (Å²) < 4.78 is 42.2. The zero-order valence-corrected chi connectivity index (χ0v) is 19.7. The van der Waals surface area contributed by atoms with E-state index in [4.69, 9.17) is 13.9 Å². The number of aromatic nitrogens is 1. The summed E-state index contributed by atoms with van der Waals surface area (Å²) in [6.07, 6.45) is 0. The Balaban J connectivity index is 1.30. The van der Waals surface area contributed by atoms with E-state index in [0.717, 1.165) is 0 Å². The van der Waals surface area contributed by atoms with Crippen molar-refractivity contribution in [1.29, 1.82) is 0 Å². The molecule has 178 valence electrons. The molecule has 0 unspecified atom stereocenters. The van der Waals surface area contributed by atoms with E-state index in [2.05, 4.69) is 10.3 Å². The van der Waals surface area contributed by atoms with Gasteiger partial charge in [0.05, 0.1) is 10.6 Å². The first-order valence-corrected chi connectivity index (χ1v) is 12.6. The molecule has 0 saturated carbocycles. The lowest BCUT2D eigenvalue weighted by Crippen LogP contribution is -2.16. The molecule has 0 spiro atoms. The molecule has 8 nitrogen and oxygen atoms in total. The van der Waals surface area contributed by atoms with E-state index < -0.39 is 9.84 Å². The van der Waals surface area contributed by atoms with E-state index in [1.807, 2.05) is 0 Å². The largest absolute Gasteiger partial charge is 0.486 e. The number of rotatable bonds is 6. The fraction of sp³-hybridized carbons (Fsp3) is 0.154. The highest BCUT2D eigenvalue weighted by Crippen LogP contribution is 2.33. The molecule has 1 aromatic heterocycles. The first kappa shape index (κ1) is 22.7. The number of oxazole rings is 1. The zero-order chi connectivity index (χ0) is 24.4. The predicted octanol–water partition coefficient (Wildman–Crippen LogP) is 4.65. The monoisotopic (exact) mass is 490 g/mol. The van der Waals surface area contributed by atoms with Crippen molar-refractivity contribution in [2.45, 2.75) is 17.6 Å². The van der Waals surface area contributed by atoms with Crippen LogP contribution in [0.25, 0.3) is 11.5 Å². The van der Waals surface area contributed by atoms with Crippen molar-refractivity contribution < 1.29 is 27.1 Å². The summed E-state index contributed by atoms with van der Waals surface area (Å²) in [6, 6.07) is 20.2. The van der Waals surface area contributed by atoms with Gasteiger partial charge in [0.15, 0.2) is 21.3 Å². The van der Waals surface area contributed by atoms with Crippen LogP contribution in [0.3, 0.4) is 0 Å². The lowest BCUT2D eigenvalue weighted by Gasteiger charge is -2.19. The fourth-order valence-electron chi connectivity index (χ4n) is 3.67. The third kappa shape index (κ3) is 4.90. The molecule has 0 saturated heterocycles. The summed E-state index contributed by atoms with van der Waals surface area (Å²) in [5, 5.41) is 2.84. The van der Waals surface area contributed by atoms with Crippen molar-refractivity contribution in [3.63, 3.8) is 0 Å². The zero-order valence-electron chi connectivity index (χ0n) is 18.9. The van der Waals surface area contributed by atoms with Crippen LogP contribution in [0, 0.1) is 6.92 Å². The number of carbonyl (C=O) groups excluding carboxylic acids is 1. The second kappa shape index (κ2) is 9.27. The van der Waals surface area contributed by atoms with Crippen LogP contribution in [-0.4, -0.2) is 32.5 Å². The number of fused-ring (bicyclic) bond motifs is 1. The third-order valence-corrected chi connectivity index (χ3v) is 7.16. The second-order valence-electron chi connectivity index (χ2n) is 7.98. The van der Waals surface area contributed by atoms with Crippen molar-refractivity contribution in [1.82, 2.24) is 4.98 Å². The van der Waals surface area contributed by atoms with Gasteiger partial charge in [0.2, 0.25) is 5.89 Å². The van der Waals surface area contributed by atoms with Gasteiger partial charge in [-0.2, -0.15) is 0 Å². The molecule has 2 heterocycles. The number of ether oxygens (including phenoxy) is 2. The minimum Gasteiger partial charge on any atom is -0.486 e. The second-order valence-corrected chi connectivity index (χ2v) is 9.97. The Kier molecular flexibility index (Phi) is 6.00. The standard InChI is InChI=1S/C26H22N2O6S/c1-17-22(16-35(30,31)21-5-3-2-4-6-21)28-26(34-17)19-9-7-18(8-10-19)25(29)27-20-11-12-23-24(15-20)33-14-13-32-23/h2-12,15H,13-14,16H2,1H3,(H,27,29). The van der Waals surface area contributed by atoms with Gasteiger partial charge >= 0.3 is 0 Å². The molecule has 1 aliphatic heterocycles. The van der Waals surface area contributed by atoms with Crippen molar-refractivity contribution in [2.75, 3.05) is 18.5 Å². The molecule has 1 N–H and O–H groups in total. The number of sulfone groups is 1. The Hall–Kier alpha value is -4.11. The van der Waals surface area contributed by atoms with Crippen LogP contribution in [0.1, 0.15) is 21.8 Å². The Morgan fingerprint density at radius 1 is 0.943 bits per heavy atom. The summed E-state index contributed by atoms with van der Waals surface area (Å²) in [5.41, 5.74) is 2.02. The predicted molar refractivity (Wildman–Crippen MR) is 129 cm³/mol. The number of hydrogen-bond donors (Lipinski definition) is 1. The fourth-order valence-corrected chi connectivity index (χ4v) is 5.03. The number of nitrogens with one attached hydrogen (secondary N) is 1. The summed E-state index contributed by atoms with van der Waals surface area (Å²) in [6.45, 7) is 2.65. The van der Waals surface area contributed by atoms with Crippen LogP contribution < -0.4 is 14.8 Å². The van der Waals surface area contributed by atoms with Gasteiger partial charge in [0, 0.05) is 22.9 Å². The quantitative estimate of drug-likeness (QED) is 0.419. The van der Waals surface area contributed by atoms with Gasteiger partial charge in [-0.25, -0.2) is 13.4 Å². The maximum atomic E-state index is 12.7. The number of hydrogen-bond acceptors (Lipinski definition) is 7. The molecule has 35 heavy (non-hydrogen) atoms. The third-order valence-electron chi connectivity index (χ3n) is 5.52. The van der Waals surface area contributed by atoms with Crippen LogP contribution in [-0.2, 0) is 15.6 Å². The molecule has 1 aliphatic rings. The molecule has 0 bridgehead atoms. The molecule has 9 heteroatoms. The van der Waals surface area contributed by atoms with Gasteiger partial charge in [-0.15, -0.1) is 0 Å². The molecule has 0 atom stereocenters.